The van der Waals surface area contributed by atoms with Crippen LogP contribution in [0.3, 0.4) is 0 Å². The third-order valence-corrected chi connectivity index (χ3v) is 15.4. The number of pyridine rings is 1. The molecule has 3 unspecified atom stereocenters. The fourth-order valence-corrected chi connectivity index (χ4v) is 9.51. The highest BCUT2D eigenvalue weighted by Gasteiger charge is 2.46. The Morgan fingerprint density at radius 3 is 2.07 bits per heavy atom. The van der Waals surface area contributed by atoms with Crippen LogP contribution in [-0.4, -0.2) is 113 Å². The van der Waals surface area contributed by atoms with Gasteiger partial charge in [0.15, 0.2) is 5.65 Å². The smallest absolute Gasteiger partial charge is 0.410 e. The SMILES string of the molecule is C=C(OCC)c1c(C2CC3CCC(C2)N3C(=O)OC(C)(C)C)nc2c(-c3ccc(/C=N/S(=O)C(C)(C)C)nc3)cnn2c1N(COCC[Si](C)(C)C)COCC[Si](C)(C)C. The molecule has 0 saturated carbocycles. The van der Waals surface area contributed by atoms with Gasteiger partial charge in [-0.05, 0) is 92.3 Å². The summed E-state index contributed by atoms with van der Waals surface area (Å²) in [6, 6.07) is 5.91. The molecule has 16 heteroatoms. The van der Waals surface area contributed by atoms with Gasteiger partial charge in [0.25, 0.3) is 0 Å². The fourth-order valence-electron chi connectivity index (χ4n) is 7.48. The van der Waals surface area contributed by atoms with Gasteiger partial charge in [0.05, 0.1) is 40.7 Å². The number of nitrogens with zero attached hydrogens (tertiary/aromatic N) is 7. The average Bonchev–Trinajstić information content (AvgIpc) is 3.68. The molecule has 0 N–H and O–H groups in total. The molecule has 3 atom stereocenters. The lowest BCUT2D eigenvalue weighted by Crippen LogP contribution is -2.48. The maximum absolute atomic E-state index is 13.6. The molecule has 60 heavy (non-hydrogen) atoms. The molecule has 0 radical (unpaired) electrons. The predicted octanol–water partition coefficient (Wildman–Crippen LogP) is 9.76. The molecule has 2 bridgehead atoms. The van der Waals surface area contributed by atoms with Gasteiger partial charge < -0.3 is 28.7 Å². The lowest BCUT2D eigenvalue weighted by molar-refractivity contribution is 0.00566. The van der Waals surface area contributed by atoms with E-state index in [9.17, 15) is 9.00 Å². The van der Waals surface area contributed by atoms with Gasteiger partial charge in [-0.1, -0.05) is 51.9 Å². The molecule has 3 aromatic rings. The largest absolute Gasteiger partial charge is 0.494 e. The molecule has 5 heterocycles. The summed E-state index contributed by atoms with van der Waals surface area (Å²) in [4.78, 5) is 27.8. The summed E-state index contributed by atoms with van der Waals surface area (Å²) in [5, 5.41) is 5.02. The van der Waals surface area contributed by atoms with Gasteiger partial charge in [0.2, 0.25) is 0 Å². The number of carbonyl (C=O) groups excluding carboxylic acids is 1. The van der Waals surface area contributed by atoms with Crippen LogP contribution in [0.4, 0.5) is 10.6 Å². The summed E-state index contributed by atoms with van der Waals surface area (Å²) in [5.74, 6) is 1.23. The minimum absolute atomic E-state index is 0.0113. The van der Waals surface area contributed by atoms with Gasteiger partial charge in [-0.2, -0.15) is 14.0 Å². The van der Waals surface area contributed by atoms with Crippen molar-refractivity contribution in [1.29, 1.82) is 0 Å². The number of ether oxygens (including phenoxy) is 4. The van der Waals surface area contributed by atoms with Crippen molar-refractivity contribution >= 4 is 56.7 Å². The standard InChI is InChI=1S/C44H71N7O6SSi2/c1-15-56-31(2)38-39(33-24-35-18-19-36(25-33)50(35)42(52)57-43(3,4)5)48-40-37(32-16-17-34(45-26-32)27-47-58(53)44(6,7)8)28-46-51(40)41(38)49(29-54-20-22-59(9,10)11)30-55-21-23-60(12,13)14/h16-17,26-28,33,35-36H,2,15,18-25,29-30H2,1,3-14H3/b47-27+. The highest BCUT2D eigenvalue weighted by molar-refractivity contribution is 7.85. The van der Waals surface area contributed by atoms with E-state index in [0.717, 1.165) is 66.0 Å². The number of hydrogen-bond acceptors (Lipinski definition) is 10. The Hall–Kier alpha value is -3.45. The van der Waals surface area contributed by atoms with Crippen molar-refractivity contribution in [3.05, 3.63) is 48.1 Å². The number of anilines is 1. The van der Waals surface area contributed by atoms with E-state index < -0.39 is 37.5 Å². The molecule has 5 rings (SSSR count). The van der Waals surface area contributed by atoms with Crippen molar-refractivity contribution in [3.8, 4) is 11.1 Å². The van der Waals surface area contributed by atoms with Crippen LogP contribution in [0.1, 0.15) is 97.0 Å². The molecule has 1 amide bonds. The first kappa shape index (κ1) is 47.6. The predicted molar refractivity (Wildman–Crippen MR) is 250 cm³/mol. The van der Waals surface area contributed by atoms with Gasteiger partial charge in [0.1, 0.15) is 41.6 Å². The van der Waals surface area contributed by atoms with Crippen LogP contribution >= 0.6 is 0 Å². The van der Waals surface area contributed by atoms with Gasteiger partial charge in [-0.15, -0.1) is 0 Å². The summed E-state index contributed by atoms with van der Waals surface area (Å²) in [5.41, 5.74) is 3.92. The normalized spacial score (nSPS) is 19.3. The molecule has 13 nitrogen and oxygen atoms in total. The molecule has 0 aliphatic carbocycles. The number of aromatic nitrogens is 4. The lowest BCUT2D eigenvalue weighted by Gasteiger charge is -2.40. The number of piperidine rings is 1. The Morgan fingerprint density at radius 1 is 0.967 bits per heavy atom. The van der Waals surface area contributed by atoms with E-state index in [0.29, 0.717) is 36.9 Å². The van der Waals surface area contributed by atoms with Gasteiger partial charge in [-0.3, -0.25) is 4.98 Å². The first-order chi connectivity index (χ1) is 28.0. The van der Waals surface area contributed by atoms with Gasteiger partial charge in [-0.25, -0.2) is 14.0 Å². The molecule has 332 valence electrons. The Balaban J connectivity index is 1.66. The summed E-state index contributed by atoms with van der Waals surface area (Å²) in [6.07, 6.45) is 8.16. The Kier molecular flexibility index (Phi) is 15.3. The average molecular weight is 882 g/mol. The van der Waals surface area contributed by atoms with E-state index in [2.05, 4.69) is 60.1 Å². The lowest BCUT2D eigenvalue weighted by atomic mass is 9.85. The van der Waals surface area contributed by atoms with Crippen LogP contribution in [-0.2, 0) is 29.9 Å². The molecule has 2 aliphatic rings. The molecule has 0 aromatic carbocycles. The number of carbonyl (C=O) groups is 1. The number of fused-ring (bicyclic) bond motifs is 3. The first-order valence-corrected chi connectivity index (χ1v) is 30.1. The Morgan fingerprint density at radius 2 is 1.57 bits per heavy atom. The maximum Gasteiger partial charge on any atom is 0.410 e. The van der Waals surface area contributed by atoms with E-state index in [1.165, 1.54) is 0 Å². The second kappa shape index (κ2) is 19.3. The maximum atomic E-state index is 13.6. The van der Waals surface area contributed by atoms with E-state index in [-0.39, 0.29) is 37.6 Å². The van der Waals surface area contributed by atoms with Crippen LogP contribution in [0.15, 0.2) is 35.5 Å². The van der Waals surface area contributed by atoms with Crippen LogP contribution in [0, 0.1) is 0 Å². The zero-order valence-corrected chi connectivity index (χ0v) is 41.4. The second-order valence-corrected chi connectivity index (χ2v) is 33.8. The van der Waals surface area contributed by atoms with Crippen molar-refractivity contribution in [1.82, 2.24) is 24.5 Å². The zero-order valence-electron chi connectivity index (χ0n) is 38.6. The minimum Gasteiger partial charge on any atom is -0.494 e. The monoisotopic (exact) mass is 881 g/mol. The van der Waals surface area contributed by atoms with Crippen molar-refractivity contribution in [2.45, 2.75) is 154 Å². The van der Waals surface area contributed by atoms with Crippen LogP contribution in [0.2, 0.25) is 51.4 Å². The zero-order chi connectivity index (χ0) is 44.2. The number of rotatable bonds is 18. The molecule has 2 aliphatic heterocycles. The summed E-state index contributed by atoms with van der Waals surface area (Å²) < 4.78 is 43.5. The van der Waals surface area contributed by atoms with Gasteiger partial charge in [0, 0.05) is 64.7 Å². The number of amides is 1. The van der Waals surface area contributed by atoms with Crippen molar-refractivity contribution < 1.29 is 28.0 Å². The third-order valence-electron chi connectivity index (χ3n) is 10.7. The first-order valence-electron chi connectivity index (χ1n) is 21.5. The van der Waals surface area contributed by atoms with Gasteiger partial charge >= 0.3 is 6.09 Å². The highest BCUT2D eigenvalue weighted by atomic mass is 32.2. The van der Waals surface area contributed by atoms with Crippen LogP contribution in [0.5, 0.6) is 0 Å². The highest BCUT2D eigenvalue weighted by Crippen LogP contribution is 2.47. The van der Waals surface area contributed by atoms with Crippen LogP contribution in [0.25, 0.3) is 22.5 Å². The van der Waals surface area contributed by atoms with Crippen molar-refractivity contribution in [2.24, 2.45) is 4.40 Å². The Bertz CT molecular complexity index is 1980. The number of hydrogen-bond donors (Lipinski definition) is 0. The van der Waals surface area contributed by atoms with E-state index in [1.807, 2.05) is 76.2 Å². The summed E-state index contributed by atoms with van der Waals surface area (Å²) >= 11 is 0. The second-order valence-electron chi connectivity index (χ2n) is 20.6. The molecule has 2 fully saturated rings. The molecule has 3 aromatic heterocycles. The van der Waals surface area contributed by atoms with Crippen molar-refractivity contribution in [3.63, 3.8) is 0 Å². The molecule has 0 spiro atoms. The third kappa shape index (κ3) is 12.6. The van der Waals surface area contributed by atoms with E-state index >= 15 is 0 Å². The van der Waals surface area contributed by atoms with Crippen molar-refractivity contribution in [2.75, 3.05) is 38.2 Å². The topological polar surface area (TPSA) is 133 Å². The molecular formula is C44H71N7O6SSi2. The van der Waals surface area contributed by atoms with E-state index in [1.54, 1.807) is 12.4 Å². The minimum atomic E-state index is -1.40. The molecular weight excluding hydrogens is 811 g/mol. The molecule has 2 saturated heterocycles. The van der Waals surface area contributed by atoms with E-state index in [4.69, 9.17) is 29.0 Å². The summed E-state index contributed by atoms with van der Waals surface area (Å²) in [7, 11) is -4.13. The van der Waals surface area contributed by atoms with Crippen LogP contribution < -0.4 is 4.90 Å². The summed E-state index contributed by atoms with van der Waals surface area (Å²) in [6.45, 7) is 34.2. The Labute approximate surface area is 363 Å². The fraction of sp³-hybridized carbons (Fsp3) is 0.659. The quantitative estimate of drug-likeness (QED) is 0.0400.